The van der Waals surface area contributed by atoms with E-state index < -0.39 is 10.8 Å². The van der Waals surface area contributed by atoms with E-state index in [1.165, 1.54) is 12.1 Å². The van der Waals surface area contributed by atoms with Gasteiger partial charge in [0.25, 0.3) is 11.6 Å². The number of carbonyl (C=O) groups is 1. The van der Waals surface area contributed by atoms with E-state index in [9.17, 15) is 14.9 Å². The number of nitro benzene ring substituents is 1. The normalized spacial score (nSPS) is 10.1. The second kappa shape index (κ2) is 7.68. The van der Waals surface area contributed by atoms with Crippen LogP contribution in [0.15, 0.2) is 66.7 Å². The molecule has 0 aliphatic rings. The Hall–Kier alpha value is -3.69. The maximum atomic E-state index is 12.4. The summed E-state index contributed by atoms with van der Waals surface area (Å²) >= 11 is 5.99. The topological polar surface area (TPSA) is 96.0 Å². The maximum Gasteiger partial charge on any atom is 0.270 e. The molecule has 0 heterocycles. The van der Waals surface area contributed by atoms with E-state index in [-0.39, 0.29) is 16.3 Å². The Bertz CT molecular complexity index is 1060. The summed E-state index contributed by atoms with van der Waals surface area (Å²) in [7, 11) is 0. The molecule has 6 nitrogen and oxygen atoms in total. The summed E-state index contributed by atoms with van der Waals surface area (Å²) in [5.74, 6) is -0.533. The van der Waals surface area contributed by atoms with E-state index in [1.807, 2.05) is 24.3 Å². The number of hydrogen-bond acceptors (Lipinski definition) is 4. The molecule has 7 heteroatoms. The van der Waals surface area contributed by atoms with Gasteiger partial charge in [0.15, 0.2) is 0 Å². The minimum Gasteiger partial charge on any atom is -0.322 e. The van der Waals surface area contributed by atoms with Crippen LogP contribution < -0.4 is 5.32 Å². The monoisotopic (exact) mass is 377 g/mol. The standard InChI is InChI=1S/C20H12ClN3O3/c21-19-10-9-17(24(26)27)11-18(19)20(25)23-16-7-5-15(6-8-16)14-3-1-13(12-22)2-4-14/h1-11H,(H,23,25). The van der Waals surface area contributed by atoms with E-state index in [0.717, 1.165) is 17.2 Å². The molecule has 0 aromatic heterocycles. The molecule has 3 rings (SSSR count). The molecule has 1 amide bonds. The number of halogens is 1. The minimum atomic E-state index is -0.584. The Labute approximate surface area is 159 Å². The van der Waals surface area contributed by atoms with Gasteiger partial charge in [-0.2, -0.15) is 5.26 Å². The smallest absolute Gasteiger partial charge is 0.270 e. The Morgan fingerprint density at radius 2 is 1.59 bits per heavy atom. The number of anilines is 1. The first-order chi connectivity index (χ1) is 13.0. The third-order valence-corrected chi connectivity index (χ3v) is 4.23. The van der Waals surface area contributed by atoms with Gasteiger partial charge in [-0.3, -0.25) is 14.9 Å². The second-order valence-corrected chi connectivity index (χ2v) is 6.05. The summed E-state index contributed by atoms with van der Waals surface area (Å²) < 4.78 is 0. The highest BCUT2D eigenvalue weighted by molar-refractivity contribution is 6.34. The molecule has 3 aromatic rings. The van der Waals surface area contributed by atoms with Crippen LogP contribution in [0.1, 0.15) is 15.9 Å². The predicted octanol–water partition coefficient (Wildman–Crippen LogP) is 5.04. The lowest BCUT2D eigenvalue weighted by atomic mass is 10.0. The Morgan fingerprint density at radius 3 is 2.15 bits per heavy atom. The Morgan fingerprint density at radius 1 is 1.00 bits per heavy atom. The highest BCUT2D eigenvalue weighted by Crippen LogP contribution is 2.25. The number of non-ortho nitro benzene ring substituents is 1. The summed E-state index contributed by atoms with van der Waals surface area (Å²) in [6, 6.07) is 20.0. The summed E-state index contributed by atoms with van der Waals surface area (Å²) in [6.45, 7) is 0. The van der Waals surface area contributed by atoms with Gasteiger partial charge in [0, 0.05) is 17.8 Å². The van der Waals surface area contributed by atoms with Gasteiger partial charge in [0.1, 0.15) is 0 Å². The third kappa shape index (κ3) is 4.11. The van der Waals surface area contributed by atoms with Gasteiger partial charge in [-0.05, 0) is 41.5 Å². The maximum absolute atomic E-state index is 12.4. The number of nitrogens with one attached hydrogen (secondary N) is 1. The van der Waals surface area contributed by atoms with Gasteiger partial charge in [0.05, 0.1) is 27.1 Å². The van der Waals surface area contributed by atoms with Crippen LogP contribution in [-0.2, 0) is 0 Å². The molecule has 0 fully saturated rings. The fraction of sp³-hybridized carbons (Fsp3) is 0. The van der Waals surface area contributed by atoms with Crippen LogP contribution in [0.25, 0.3) is 11.1 Å². The summed E-state index contributed by atoms with van der Waals surface area (Å²) in [5.41, 5.74) is 2.79. The zero-order valence-corrected chi connectivity index (χ0v) is 14.6. The zero-order chi connectivity index (χ0) is 19.4. The van der Waals surface area contributed by atoms with Crippen LogP contribution in [0.3, 0.4) is 0 Å². The van der Waals surface area contributed by atoms with Crippen molar-refractivity contribution in [2.75, 3.05) is 5.32 Å². The molecule has 1 N–H and O–H groups in total. The highest BCUT2D eigenvalue weighted by Gasteiger charge is 2.16. The van der Waals surface area contributed by atoms with Crippen molar-refractivity contribution >= 4 is 28.9 Å². The number of benzene rings is 3. The van der Waals surface area contributed by atoms with E-state index >= 15 is 0 Å². The lowest BCUT2D eigenvalue weighted by Crippen LogP contribution is -2.12. The SMILES string of the molecule is N#Cc1ccc(-c2ccc(NC(=O)c3cc([N+](=O)[O-])ccc3Cl)cc2)cc1. The van der Waals surface area contributed by atoms with E-state index in [4.69, 9.17) is 16.9 Å². The lowest BCUT2D eigenvalue weighted by Gasteiger charge is -2.08. The van der Waals surface area contributed by atoms with Crippen LogP contribution in [0.4, 0.5) is 11.4 Å². The number of amides is 1. The van der Waals surface area contributed by atoms with Crippen molar-refractivity contribution in [3.8, 4) is 17.2 Å². The fourth-order valence-electron chi connectivity index (χ4n) is 2.48. The van der Waals surface area contributed by atoms with Gasteiger partial charge >= 0.3 is 0 Å². The number of hydrogen-bond donors (Lipinski definition) is 1. The van der Waals surface area contributed by atoms with Crippen LogP contribution >= 0.6 is 11.6 Å². The van der Waals surface area contributed by atoms with E-state index in [2.05, 4.69) is 11.4 Å². The average Bonchev–Trinajstić information content (AvgIpc) is 2.68. The van der Waals surface area contributed by atoms with Crippen LogP contribution in [0.5, 0.6) is 0 Å². The number of rotatable bonds is 4. The average molecular weight is 378 g/mol. The van der Waals surface area contributed by atoms with Gasteiger partial charge in [0.2, 0.25) is 0 Å². The molecule has 0 spiro atoms. The van der Waals surface area contributed by atoms with Crippen molar-refractivity contribution in [1.29, 1.82) is 5.26 Å². The molecule has 3 aromatic carbocycles. The quantitative estimate of drug-likeness (QED) is 0.508. The van der Waals surface area contributed by atoms with Gasteiger partial charge < -0.3 is 5.32 Å². The first-order valence-electron chi connectivity index (χ1n) is 7.84. The molecule has 0 aliphatic carbocycles. The zero-order valence-electron chi connectivity index (χ0n) is 13.8. The van der Waals surface area contributed by atoms with E-state index in [1.54, 1.807) is 24.3 Å². The van der Waals surface area contributed by atoms with Crippen molar-refractivity contribution < 1.29 is 9.72 Å². The van der Waals surface area contributed by atoms with Crippen LogP contribution in [-0.4, -0.2) is 10.8 Å². The first kappa shape index (κ1) is 18.1. The van der Waals surface area contributed by atoms with Crippen molar-refractivity contribution in [3.05, 3.63) is 93.0 Å². The van der Waals surface area contributed by atoms with Crippen LogP contribution in [0, 0.1) is 21.4 Å². The minimum absolute atomic E-state index is 0.0297. The molecular weight excluding hydrogens is 366 g/mol. The van der Waals surface area contributed by atoms with Crippen LogP contribution in [0.2, 0.25) is 5.02 Å². The number of nitriles is 1. The van der Waals surface area contributed by atoms with E-state index in [0.29, 0.717) is 11.3 Å². The largest absolute Gasteiger partial charge is 0.322 e. The van der Waals surface area contributed by atoms with Gasteiger partial charge in [-0.1, -0.05) is 35.9 Å². The molecule has 0 atom stereocenters. The number of nitro groups is 1. The molecule has 0 radical (unpaired) electrons. The molecule has 132 valence electrons. The number of nitrogens with zero attached hydrogens (tertiary/aromatic N) is 2. The summed E-state index contributed by atoms with van der Waals surface area (Å²) in [5, 5.41) is 22.5. The lowest BCUT2D eigenvalue weighted by molar-refractivity contribution is -0.384. The molecule has 27 heavy (non-hydrogen) atoms. The molecule has 0 unspecified atom stereocenters. The summed E-state index contributed by atoms with van der Waals surface area (Å²) in [4.78, 5) is 22.7. The van der Waals surface area contributed by atoms with Crippen molar-refractivity contribution in [2.24, 2.45) is 0 Å². The molecule has 0 saturated heterocycles. The third-order valence-electron chi connectivity index (χ3n) is 3.90. The molecule has 0 aliphatic heterocycles. The fourth-order valence-corrected chi connectivity index (χ4v) is 2.69. The van der Waals surface area contributed by atoms with Gasteiger partial charge in [-0.15, -0.1) is 0 Å². The summed E-state index contributed by atoms with van der Waals surface area (Å²) in [6.07, 6.45) is 0. The Balaban J connectivity index is 1.78. The molecular formula is C20H12ClN3O3. The number of carbonyl (C=O) groups excluding carboxylic acids is 1. The van der Waals surface area contributed by atoms with Gasteiger partial charge in [-0.25, -0.2) is 0 Å². The molecule has 0 saturated carbocycles. The highest BCUT2D eigenvalue weighted by atomic mass is 35.5. The van der Waals surface area contributed by atoms with Crippen molar-refractivity contribution in [1.82, 2.24) is 0 Å². The predicted molar refractivity (Wildman–Crippen MR) is 103 cm³/mol. The van der Waals surface area contributed by atoms with Crippen molar-refractivity contribution in [3.63, 3.8) is 0 Å². The second-order valence-electron chi connectivity index (χ2n) is 5.64. The first-order valence-corrected chi connectivity index (χ1v) is 8.21. The molecule has 0 bridgehead atoms. The van der Waals surface area contributed by atoms with Crippen molar-refractivity contribution in [2.45, 2.75) is 0 Å². The Kier molecular flexibility index (Phi) is 5.15.